The fourth-order valence-electron chi connectivity index (χ4n) is 3.40. The number of H-pyrrole nitrogens is 1. The van der Waals surface area contributed by atoms with Crippen LogP contribution in [0.25, 0.3) is 22.8 Å². The number of aromatic nitrogens is 4. The third-order valence-corrected chi connectivity index (χ3v) is 5.04. The first kappa shape index (κ1) is 21.0. The maximum Gasteiger partial charge on any atom is 0.335 e. The summed E-state index contributed by atoms with van der Waals surface area (Å²) in [7, 11) is 3.22. The number of methoxy groups -OCH3 is 1. The molecule has 2 N–H and O–H groups in total. The predicted octanol–water partition coefficient (Wildman–Crippen LogP) is 3.75. The lowest BCUT2D eigenvalue weighted by Crippen LogP contribution is -2.07. The third-order valence-electron chi connectivity index (χ3n) is 5.04. The number of nitrogens with zero attached hydrogens (tertiary/aromatic N) is 3. The van der Waals surface area contributed by atoms with Gasteiger partial charge in [-0.3, -0.25) is 4.79 Å². The fraction of sp³-hybridized carbons (Fsp3) is 0.130. The zero-order valence-electron chi connectivity index (χ0n) is 17.3. The monoisotopic (exact) mass is 434 g/mol. The van der Waals surface area contributed by atoms with E-state index in [0.29, 0.717) is 28.5 Å². The summed E-state index contributed by atoms with van der Waals surface area (Å²) < 4.78 is 20.3. The summed E-state index contributed by atoms with van der Waals surface area (Å²) in [6.07, 6.45) is 3.06. The maximum absolute atomic E-state index is 13.3. The number of benzene rings is 2. The van der Waals surface area contributed by atoms with E-state index >= 15 is 0 Å². The highest BCUT2D eigenvalue weighted by molar-refractivity contribution is 5.97. The molecule has 0 aliphatic carbocycles. The van der Waals surface area contributed by atoms with Crippen molar-refractivity contribution in [2.45, 2.75) is 6.42 Å². The first-order chi connectivity index (χ1) is 15.4. The Balaban J connectivity index is 1.62. The minimum atomic E-state index is -1.08. The lowest BCUT2D eigenvalue weighted by Gasteiger charge is -2.08. The number of nitrogens with one attached hydrogen (secondary N) is 1. The molecule has 0 radical (unpaired) electrons. The Labute approximate surface area is 182 Å². The molecular weight excluding hydrogens is 415 g/mol. The van der Waals surface area contributed by atoms with Crippen molar-refractivity contribution in [3.8, 4) is 28.5 Å². The Morgan fingerprint density at radius 2 is 1.91 bits per heavy atom. The minimum Gasteiger partial charge on any atom is -0.496 e. The molecule has 2 heterocycles. The first-order valence-corrected chi connectivity index (χ1v) is 9.63. The van der Waals surface area contributed by atoms with Crippen LogP contribution in [-0.2, 0) is 13.5 Å². The van der Waals surface area contributed by atoms with Crippen molar-refractivity contribution in [1.29, 1.82) is 0 Å². The highest BCUT2D eigenvalue weighted by atomic mass is 19.1. The topological polar surface area (TPSA) is 110 Å². The van der Waals surface area contributed by atoms with Crippen molar-refractivity contribution in [1.82, 2.24) is 19.5 Å². The van der Waals surface area contributed by atoms with Gasteiger partial charge in [0.15, 0.2) is 11.6 Å². The number of aryl methyl sites for hydroxylation is 1. The number of halogens is 1. The standard InChI is InChI=1S/C23H19FN4O4/c1-28-12-26-20(13-5-7-16(24)8-6-13)21(28)22-25-11-17(27-22)18(29)9-14-3-4-15(23(30)31)10-19(14)32-2/h3-8,10-12H,9H2,1-2H3,(H,25,27)(H,30,31). The van der Waals surface area contributed by atoms with Gasteiger partial charge in [0.25, 0.3) is 0 Å². The van der Waals surface area contributed by atoms with Crippen LogP contribution in [0.5, 0.6) is 5.75 Å². The van der Waals surface area contributed by atoms with Gasteiger partial charge in [-0.25, -0.2) is 19.2 Å². The van der Waals surface area contributed by atoms with Crippen molar-refractivity contribution in [3.05, 3.63) is 77.6 Å². The van der Waals surface area contributed by atoms with Crippen LogP contribution < -0.4 is 4.74 Å². The van der Waals surface area contributed by atoms with Crippen LogP contribution >= 0.6 is 0 Å². The number of hydrogen-bond donors (Lipinski definition) is 2. The third kappa shape index (κ3) is 4.00. The summed E-state index contributed by atoms with van der Waals surface area (Å²) in [5.74, 6) is -0.892. The highest BCUT2D eigenvalue weighted by Gasteiger charge is 2.19. The van der Waals surface area contributed by atoms with Gasteiger partial charge in [0, 0.05) is 24.6 Å². The maximum atomic E-state index is 13.3. The number of carboxylic acids is 1. The van der Waals surface area contributed by atoms with Crippen molar-refractivity contribution < 1.29 is 23.8 Å². The van der Waals surface area contributed by atoms with E-state index in [1.807, 2.05) is 0 Å². The molecule has 0 aliphatic heterocycles. The summed E-state index contributed by atoms with van der Waals surface area (Å²) >= 11 is 0. The van der Waals surface area contributed by atoms with Crippen LogP contribution in [-0.4, -0.2) is 43.5 Å². The van der Waals surface area contributed by atoms with E-state index < -0.39 is 5.97 Å². The quantitative estimate of drug-likeness (QED) is 0.429. The smallest absolute Gasteiger partial charge is 0.335 e. The van der Waals surface area contributed by atoms with Gasteiger partial charge < -0.3 is 19.4 Å². The van der Waals surface area contributed by atoms with E-state index in [2.05, 4.69) is 15.0 Å². The number of hydrogen-bond acceptors (Lipinski definition) is 5. The van der Waals surface area contributed by atoms with E-state index in [4.69, 9.17) is 9.84 Å². The second-order valence-electron chi connectivity index (χ2n) is 7.14. The van der Waals surface area contributed by atoms with Crippen molar-refractivity contribution in [2.75, 3.05) is 7.11 Å². The molecule has 4 rings (SSSR count). The molecule has 0 amide bonds. The molecule has 0 saturated heterocycles. The molecule has 0 fully saturated rings. The van der Waals surface area contributed by atoms with E-state index in [0.717, 1.165) is 5.56 Å². The van der Waals surface area contributed by atoms with Gasteiger partial charge in [-0.15, -0.1) is 0 Å². The number of Topliss-reactive ketones (excluding diaryl/α,β-unsaturated/α-hetero) is 1. The molecule has 0 bridgehead atoms. The molecule has 0 atom stereocenters. The second kappa shape index (κ2) is 8.46. The number of ketones is 1. The van der Waals surface area contributed by atoms with Gasteiger partial charge in [-0.2, -0.15) is 0 Å². The number of aromatic amines is 1. The summed E-state index contributed by atoms with van der Waals surface area (Å²) in [5.41, 5.74) is 2.90. The van der Waals surface area contributed by atoms with Crippen molar-refractivity contribution >= 4 is 11.8 Å². The average Bonchev–Trinajstić information content (AvgIpc) is 3.41. The molecular formula is C23H19FN4O4. The Kier molecular flexibility index (Phi) is 5.55. The molecule has 0 spiro atoms. The lowest BCUT2D eigenvalue weighted by atomic mass is 10.0. The molecule has 0 saturated carbocycles. The van der Waals surface area contributed by atoms with Crippen molar-refractivity contribution in [2.24, 2.45) is 7.05 Å². The van der Waals surface area contributed by atoms with E-state index in [-0.39, 0.29) is 29.3 Å². The minimum absolute atomic E-state index is 0.000905. The Morgan fingerprint density at radius 1 is 1.16 bits per heavy atom. The number of aromatic carboxylic acids is 1. The molecule has 32 heavy (non-hydrogen) atoms. The molecule has 0 unspecified atom stereocenters. The number of rotatable bonds is 7. The Bertz CT molecular complexity index is 1310. The Hall–Kier alpha value is -4.27. The van der Waals surface area contributed by atoms with Crippen LogP contribution in [0, 0.1) is 5.82 Å². The molecule has 0 aliphatic rings. The van der Waals surface area contributed by atoms with Crippen molar-refractivity contribution in [3.63, 3.8) is 0 Å². The number of carboxylic acid groups (broad SMARTS) is 1. The first-order valence-electron chi connectivity index (χ1n) is 9.63. The molecule has 2 aromatic carbocycles. The number of imidazole rings is 2. The normalized spacial score (nSPS) is 10.8. The van der Waals surface area contributed by atoms with Gasteiger partial charge in [0.05, 0.1) is 30.9 Å². The number of carbonyl (C=O) groups is 2. The van der Waals surface area contributed by atoms with E-state index in [9.17, 15) is 14.0 Å². The van der Waals surface area contributed by atoms with Gasteiger partial charge >= 0.3 is 5.97 Å². The highest BCUT2D eigenvalue weighted by Crippen LogP contribution is 2.29. The van der Waals surface area contributed by atoms with E-state index in [1.165, 1.54) is 37.6 Å². The van der Waals surface area contributed by atoms with Crippen LogP contribution in [0.15, 0.2) is 55.0 Å². The molecule has 9 heteroatoms. The molecule has 4 aromatic rings. The van der Waals surface area contributed by atoms with E-state index in [1.54, 1.807) is 36.1 Å². The fourth-order valence-corrected chi connectivity index (χ4v) is 3.40. The van der Waals surface area contributed by atoms with Crippen LogP contribution in [0.2, 0.25) is 0 Å². The lowest BCUT2D eigenvalue weighted by molar-refractivity contribution is 0.0696. The largest absolute Gasteiger partial charge is 0.496 e. The number of ether oxygens (including phenoxy) is 1. The molecule has 2 aromatic heterocycles. The molecule has 8 nitrogen and oxygen atoms in total. The van der Waals surface area contributed by atoms with Crippen LogP contribution in [0.4, 0.5) is 4.39 Å². The zero-order valence-corrected chi connectivity index (χ0v) is 17.3. The second-order valence-corrected chi connectivity index (χ2v) is 7.14. The number of carbonyl (C=O) groups excluding carboxylic acids is 1. The summed E-state index contributed by atoms with van der Waals surface area (Å²) in [6.45, 7) is 0. The Morgan fingerprint density at radius 3 is 2.59 bits per heavy atom. The van der Waals surface area contributed by atoms with Crippen LogP contribution in [0.3, 0.4) is 0 Å². The zero-order chi connectivity index (χ0) is 22.8. The summed E-state index contributed by atoms with van der Waals surface area (Å²) in [4.78, 5) is 35.8. The summed E-state index contributed by atoms with van der Waals surface area (Å²) in [5, 5.41) is 9.13. The van der Waals surface area contributed by atoms with Gasteiger partial charge in [0.1, 0.15) is 23.0 Å². The van der Waals surface area contributed by atoms with Gasteiger partial charge in [-0.05, 0) is 36.4 Å². The summed E-state index contributed by atoms with van der Waals surface area (Å²) in [6, 6.07) is 10.3. The van der Waals surface area contributed by atoms with Crippen LogP contribution in [0.1, 0.15) is 26.4 Å². The molecule has 162 valence electrons. The SMILES string of the molecule is COc1cc(C(=O)O)ccc1CC(=O)c1cnc(-c2c(-c3ccc(F)cc3)ncn2C)[nH]1. The van der Waals surface area contributed by atoms with Gasteiger partial charge in [-0.1, -0.05) is 6.07 Å². The van der Waals surface area contributed by atoms with Gasteiger partial charge in [0.2, 0.25) is 0 Å². The predicted molar refractivity (Wildman–Crippen MR) is 114 cm³/mol. The average molecular weight is 434 g/mol.